The Morgan fingerprint density at radius 1 is 1.06 bits per heavy atom. The highest BCUT2D eigenvalue weighted by Crippen LogP contribution is 2.38. The number of carbonyl (C=O) groups excluding carboxylic acids is 1. The molecule has 0 atom stereocenters. The molecule has 0 spiro atoms. The maximum absolute atomic E-state index is 13.6. The number of benzene rings is 2. The Morgan fingerprint density at radius 3 is 2.62 bits per heavy atom. The van der Waals surface area contributed by atoms with Gasteiger partial charge >= 0.3 is 0 Å². The van der Waals surface area contributed by atoms with Gasteiger partial charge in [-0.25, -0.2) is 4.39 Å². The van der Waals surface area contributed by atoms with Crippen LogP contribution in [0.3, 0.4) is 0 Å². The van der Waals surface area contributed by atoms with Crippen molar-refractivity contribution < 1.29 is 9.18 Å². The summed E-state index contributed by atoms with van der Waals surface area (Å²) in [5.41, 5.74) is 2.71. The van der Waals surface area contributed by atoms with Gasteiger partial charge in [0, 0.05) is 28.0 Å². The van der Waals surface area contributed by atoms with Crippen molar-refractivity contribution in [1.29, 1.82) is 0 Å². The van der Waals surface area contributed by atoms with E-state index in [0.717, 1.165) is 21.4 Å². The maximum Gasteiger partial charge on any atom is 0.291 e. The van der Waals surface area contributed by atoms with Gasteiger partial charge in [-0.1, -0.05) is 39.4 Å². The van der Waals surface area contributed by atoms with Gasteiger partial charge in [-0.05, 0) is 48.0 Å². The van der Waals surface area contributed by atoms with Gasteiger partial charge in [-0.15, -0.1) is 5.10 Å². The van der Waals surface area contributed by atoms with Crippen molar-refractivity contribution in [2.24, 2.45) is 0 Å². The van der Waals surface area contributed by atoms with E-state index < -0.39 is 5.56 Å². The highest BCUT2D eigenvalue weighted by Gasteiger charge is 2.34. The smallest absolute Gasteiger partial charge is 0.291 e. The Bertz CT molecular complexity index is 1700. The molecular weight excluding hydrogens is 521 g/mol. The average Bonchev–Trinajstić information content (AvgIpc) is 3.47. The number of fused-ring (bicyclic) bond motifs is 2. The van der Waals surface area contributed by atoms with E-state index in [1.807, 2.05) is 24.3 Å². The molecule has 0 radical (unpaired) electrons. The van der Waals surface area contributed by atoms with Crippen molar-refractivity contribution in [3.05, 3.63) is 103 Å². The first-order valence-corrected chi connectivity index (χ1v) is 11.8. The number of halogens is 2. The Labute approximate surface area is 204 Å². The molecular formula is C24H13BrFN5O2S. The minimum Gasteiger partial charge on any atom is -0.303 e. The molecule has 1 aliphatic heterocycles. The second-order valence-electron chi connectivity index (χ2n) is 7.66. The van der Waals surface area contributed by atoms with E-state index in [9.17, 15) is 14.0 Å². The summed E-state index contributed by atoms with van der Waals surface area (Å²) in [7, 11) is 0. The second kappa shape index (κ2) is 7.93. The topological polar surface area (TPSA) is 80.5 Å². The summed E-state index contributed by atoms with van der Waals surface area (Å²) < 4.78 is 15.6. The SMILES string of the molecule is O=C1/C(=c2\sc3nc(-c4cccnc4)nn3c2=O)c2cc(Br)ccc2N1Cc1ccc(F)cc1. The fraction of sp³-hybridized carbons (Fsp3) is 0.0417. The van der Waals surface area contributed by atoms with Gasteiger partial charge < -0.3 is 4.90 Å². The molecule has 1 amide bonds. The monoisotopic (exact) mass is 533 g/mol. The van der Waals surface area contributed by atoms with Crippen LogP contribution in [0.1, 0.15) is 11.1 Å². The number of pyridine rings is 1. The van der Waals surface area contributed by atoms with E-state index in [2.05, 4.69) is 31.0 Å². The summed E-state index contributed by atoms with van der Waals surface area (Å²) in [4.78, 5) is 37.4. The number of nitrogens with zero attached hydrogens (tertiary/aromatic N) is 5. The van der Waals surface area contributed by atoms with Crippen LogP contribution in [0, 0.1) is 5.82 Å². The van der Waals surface area contributed by atoms with Gasteiger partial charge in [0.05, 0.1) is 17.8 Å². The van der Waals surface area contributed by atoms with Crippen molar-refractivity contribution in [1.82, 2.24) is 19.6 Å². The van der Waals surface area contributed by atoms with Crippen LogP contribution in [0.2, 0.25) is 0 Å². The standard InChI is InChI=1S/C24H13BrFN5O2S/c25-15-5-8-18-17(10-15)19(22(32)30(18)12-13-3-6-16(26)7-4-13)20-23(33)31-24(34-20)28-21(29-31)14-2-1-9-27-11-14/h1-11H,12H2/b20-19-. The quantitative estimate of drug-likeness (QED) is 0.354. The zero-order valence-electron chi connectivity index (χ0n) is 17.3. The predicted octanol–water partition coefficient (Wildman–Crippen LogP) is 3.58. The predicted molar refractivity (Wildman–Crippen MR) is 130 cm³/mol. The Hall–Kier alpha value is -3.76. The van der Waals surface area contributed by atoms with E-state index in [4.69, 9.17) is 0 Å². The number of carbonyl (C=O) groups is 1. The molecule has 0 N–H and O–H groups in total. The van der Waals surface area contributed by atoms with Gasteiger partial charge in [-0.2, -0.15) is 9.50 Å². The first kappa shape index (κ1) is 20.8. The van der Waals surface area contributed by atoms with Gasteiger partial charge in [0.25, 0.3) is 11.5 Å². The van der Waals surface area contributed by atoms with Crippen molar-refractivity contribution in [3.63, 3.8) is 0 Å². The van der Waals surface area contributed by atoms with Gasteiger partial charge in [0.2, 0.25) is 4.96 Å². The van der Waals surface area contributed by atoms with E-state index in [-0.39, 0.29) is 22.8 Å². The minimum atomic E-state index is -0.402. The number of thiazole rings is 1. The number of hydrogen-bond acceptors (Lipinski definition) is 6. The van der Waals surface area contributed by atoms with Crippen LogP contribution < -0.4 is 15.0 Å². The highest BCUT2D eigenvalue weighted by molar-refractivity contribution is 9.10. The molecule has 166 valence electrons. The van der Waals surface area contributed by atoms with Crippen LogP contribution in [-0.4, -0.2) is 25.5 Å². The molecule has 0 saturated carbocycles. The van der Waals surface area contributed by atoms with E-state index in [1.54, 1.807) is 35.5 Å². The zero-order chi connectivity index (χ0) is 23.4. The minimum absolute atomic E-state index is 0.247. The number of hydrogen-bond donors (Lipinski definition) is 0. The molecule has 7 nitrogen and oxygen atoms in total. The van der Waals surface area contributed by atoms with E-state index >= 15 is 0 Å². The second-order valence-corrected chi connectivity index (χ2v) is 9.56. The van der Waals surface area contributed by atoms with Crippen LogP contribution >= 0.6 is 27.3 Å². The first-order valence-electron chi connectivity index (χ1n) is 10.2. The van der Waals surface area contributed by atoms with Gasteiger partial charge in [0.15, 0.2) is 5.82 Å². The molecule has 10 heteroatoms. The molecule has 0 bridgehead atoms. The van der Waals surface area contributed by atoms with Gasteiger partial charge in [-0.3, -0.25) is 14.6 Å². The summed E-state index contributed by atoms with van der Waals surface area (Å²) in [6.45, 7) is 0.247. The van der Waals surface area contributed by atoms with Crippen LogP contribution in [-0.2, 0) is 11.3 Å². The van der Waals surface area contributed by atoms with Gasteiger partial charge in [0.1, 0.15) is 10.3 Å². The normalized spacial score (nSPS) is 14.8. The molecule has 2 aromatic carbocycles. The molecule has 0 fully saturated rings. The van der Waals surface area contributed by atoms with Crippen molar-refractivity contribution in [2.45, 2.75) is 6.54 Å². The van der Waals surface area contributed by atoms with Crippen molar-refractivity contribution >= 4 is 49.4 Å². The van der Waals surface area contributed by atoms with Crippen LogP contribution in [0.5, 0.6) is 0 Å². The van der Waals surface area contributed by atoms with E-state index in [1.165, 1.54) is 16.6 Å². The lowest BCUT2D eigenvalue weighted by atomic mass is 10.1. The summed E-state index contributed by atoms with van der Waals surface area (Å²) in [6, 6.07) is 15.1. The molecule has 5 aromatic rings. The van der Waals surface area contributed by atoms with Crippen LogP contribution in [0.4, 0.5) is 10.1 Å². The van der Waals surface area contributed by atoms with Crippen molar-refractivity contribution in [3.8, 4) is 11.4 Å². The van der Waals surface area contributed by atoms with Crippen molar-refractivity contribution in [2.75, 3.05) is 4.90 Å². The number of anilines is 1. The summed E-state index contributed by atoms with van der Waals surface area (Å²) >= 11 is 4.59. The fourth-order valence-electron chi connectivity index (χ4n) is 3.95. The molecule has 0 aliphatic carbocycles. The third-order valence-electron chi connectivity index (χ3n) is 5.54. The summed E-state index contributed by atoms with van der Waals surface area (Å²) in [5, 5.41) is 4.35. The fourth-order valence-corrected chi connectivity index (χ4v) is 5.31. The summed E-state index contributed by atoms with van der Waals surface area (Å²) in [5.74, 6) is -0.248. The lowest BCUT2D eigenvalue weighted by molar-refractivity contribution is -0.113. The average molecular weight is 534 g/mol. The zero-order valence-corrected chi connectivity index (χ0v) is 19.7. The highest BCUT2D eigenvalue weighted by atomic mass is 79.9. The molecule has 1 aliphatic rings. The third kappa shape index (κ3) is 3.34. The number of aromatic nitrogens is 4. The largest absolute Gasteiger partial charge is 0.303 e. The molecule has 6 rings (SSSR count). The van der Waals surface area contributed by atoms with E-state index in [0.29, 0.717) is 33.2 Å². The van der Waals surface area contributed by atoms with Crippen LogP contribution in [0.25, 0.3) is 21.9 Å². The molecule has 0 unspecified atom stereocenters. The first-order chi connectivity index (χ1) is 16.5. The Kier molecular flexibility index (Phi) is 4.85. The molecule has 4 heterocycles. The Morgan fingerprint density at radius 2 is 1.88 bits per heavy atom. The lowest BCUT2D eigenvalue weighted by Gasteiger charge is -2.17. The summed E-state index contributed by atoms with van der Waals surface area (Å²) in [6.07, 6.45) is 3.27. The maximum atomic E-state index is 13.6. The number of rotatable bonds is 3. The molecule has 3 aromatic heterocycles. The third-order valence-corrected chi connectivity index (χ3v) is 7.06. The molecule has 0 saturated heterocycles. The Balaban J connectivity index is 1.51. The van der Waals surface area contributed by atoms with Crippen LogP contribution in [0.15, 0.2) is 76.3 Å². The number of amides is 1. The molecule has 34 heavy (non-hydrogen) atoms. The lowest BCUT2D eigenvalue weighted by Crippen LogP contribution is -2.32.